The largest absolute Gasteiger partial charge is 0.368 e. The third-order valence-electron chi connectivity index (χ3n) is 2.15. The van der Waals surface area contributed by atoms with Crippen molar-refractivity contribution in [3.8, 4) is 0 Å². The summed E-state index contributed by atoms with van der Waals surface area (Å²) in [6.07, 6.45) is 0.907. The maximum absolute atomic E-state index is 12.4. The molecule has 0 unspecified atom stereocenters. The first-order valence-electron chi connectivity index (χ1n) is 4.45. The zero-order valence-electron chi connectivity index (χ0n) is 8.52. The van der Waals surface area contributed by atoms with Crippen molar-refractivity contribution in [1.29, 1.82) is 0 Å². The molecule has 0 saturated carbocycles. The van der Waals surface area contributed by atoms with E-state index < -0.39 is 6.43 Å². The van der Waals surface area contributed by atoms with E-state index in [0.29, 0.717) is 11.0 Å². The Bertz CT molecular complexity index is 276. The van der Waals surface area contributed by atoms with Gasteiger partial charge < -0.3 is 4.90 Å². The molecule has 0 spiro atoms. The number of nitrogens with zero attached hydrogens (tertiary/aromatic N) is 1. The molecular weight excluding hydrogens is 252 g/mol. The second-order valence-electron chi connectivity index (χ2n) is 4.26. The lowest BCUT2D eigenvalue weighted by Gasteiger charge is -2.36. The van der Waals surface area contributed by atoms with Crippen molar-refractivity contribution in [2.24, 2.45) is 0 Å². The molecule has 0 fully saturated rings. The Morgan fingerprint density at radius 1 is 1.43 bits per heavy atom. The molecule has 1 heterocycles. The summed E-state index contributed by atoms with van der Waals surface area (Å²) in [6.45, 7) is 6.68. The molecule has 0 aromatic heterocycles. The molecule has 0 bridgehead atoms. The fourth-order valence-electron chi connectivity index (χ4n) is 1.22. The van der Waals surface area contributed by atoms with Gasteiger partial charge in [0, 0.05) is 28.3 Å². The van der Waals surface area contributed by atoms with Crippen LogP contribution in [0.1, 0.15) is 20.8 Å². The number of hydrogen-bond acceptors (Lipinski definition) is 1. The predicted molar refractivity (Wildman–Crippen MR) is 57.6 cm³/mol. The Morgan fingerprint density at radius 2 is 2.00 bits per heavy atom. The van der Waals surface area contributed by atoms with Gasteiger partial charge in [0.05, 0.1) is 0 Å². The Morgan fingerprint density at radius 3 is 2.36 bits per heavy atom. The van der Waals surface area contributed by atoms with Crippen LogP contribution >= 0.6 is 15.9 Å². The van der Waals surface area contributed by atoms with Gasteiger partial charge in [0.25, 0.3) is 6.43 Å². The van der Waals surface area contributed by atoms with Crippen LogP contribution in [-0.4, -0.2) is 23.4 Å². The number of allylic oxidation sites excluding steroid dienone is 2. The van der Waals surface area contributed by atoms with E-state index in [9.17, 15) is 8.78 Å². The van der Waals surface area contributed by atoms with E-state index in [1.54, 1.807) is 12.3 Å². The molecule has 0 N–H and O–H groups in total. The zero-order valence-corrected chi connectivity index (χ0v) is 10.1. The molecule has 1 rings (SSSR count). The lowest BCUT2D eigenvalue weighted by Crippen LogP contribution is -2.39. The zero-order chi connectivity index (χ0) is 10.9. The van der Waals surface area contributed by atoms with Gasteiger partial charge in [-0.2, -0.15) is 0 Å². The first kappa shape index (κ1) is 11.7. The third-order valence-corrected chi connectivity index (χ3v) is 2.81. The summed E-state index contributed by atoms with van der Waals surface area (Å²) in [5.41, 5.74) is 0.0499. The summed E-state index contributed by atoms with van der Waals surface area (Å²) < 4.78 is 25.4. The second-order valence-corrected chi connectivity index (χ2v) is 5.11. The van der Waals surface area contributed by atoms with Crippen molar-refractivity contribution >= 4 is 15.9 Å². The van der Waals surface area contributed by atoms with Crippen LogP contribution < -0.4 is 0 Å². The molecule has 14 heavy (non-hydrogen) atoms. The summed E-state index contributed by atoms with van der Waals surface area (Å²) in [5, 5.41) is 0. The van der Waals surface area contributed by atoms with Crippen LogP contribution in [0.4, 0.5) is 8.78 Å². The monoisotopic (exact) mass is 265 g/mol. The lowest BCUT2D eigenvalue weighted by atomic mass is 10.0. The molecule has 0 aromatic rings. The highest BCUT2D eigenvalue weighted by Crippen LogP contribution is 2.30. The standard InChI is InChI=1S/C10H14BrF2N/c1-10(2,3)14-5-4-7(9(12)13)8(11)6-14/h4,6,9H,5H2,1-3H3. The maximum atomic E-state index is 12.4. The van der Waals surface area contributed by atoms with Crippen LogP contribution in [0.3, 0.4) is 0 Å². The maximum Gasteiger partial charge on any atom is 0.264 e. The quantitative estimate of drug-likeness (QED) is 0.701. The van der Waals surface area contributed by atoms with Gasteiger partial charge in [0.1, 0.15) is 0 Å². The van der Waals surface area contributed by atoms with Crippen LogP contribution in [0.15, 0.2) is 22.3 Å². The number of hydrogen-bond donors (Lipinski definition) is 0. The molecule has 1 aliphatic rings. The van der Waals surface area contributed by atoms with Crippen LogP contribution in [0.2, 0.25) is 0 Å². The minimum absolute atomic E-state index is 0.0385. The molecule has 0 saturated heterocycles. The van der Waals surface area contributed by atoms with Crippen molar-refractivity contribution in [3.05, 3.63) is 22.3 Å². The van der Waals surface area contributed by atoms with Gasteiger partial charge in [-0.1, -0.05) is 6.08 Å². The molecule has 0 aromatic carbocycles. The average molecular weight is 266 g/mol. The van der Waals surface area contributed by atoms with Crippen LogP contribution in [-0.2, 0) is 0 Å². The molecular formula is C10H14BrF2N. The highest BCUT2D eigenvalue weighted by molar-refractivity contribution is 9.12. The summed E-state index contributed by atoms with van der Waals surface area (Å²) in [7, 11) is 0. The van der Waals surface area contributed by atoms with Crippen LogP contribution in [0.5, 0.6) is 0 Å². The lowest BCUT2D eigenvalue weighted by molar-refractivity contribution is 0.183. The first-order chi connectivity index (χ1) is 6.32. The van der Waals surface area contributed by atoms with Gasteiger partial charge in [0.2, 0.25) is 0 Å². The highest BCUT2D eigenvalue weighted by atomic mass is 79.9. The summed E-state index contributed by atoms with van der Waals surface area (Å²) in [4.78, 5) is 2.02. The Balaban J connectivity index is 2.82. The Labute approximate surface area is 91.6 Å². The van der Waals surface area contributed by atoms with Gasteiger partial charge in [0.15, 0.2) is 0 Å². The number of halogens is 3. The minimum Gasteiger partial charge on any atom is -0.368 e. The molecule has 4 heteroatoms. The van der Waals surface area contributed by atoms with E-state index in [0.717, 1.165) is 0 Å². The predicted octanol–water partition coefficient (Wildman–Crippen LogP) is 3.53. The van der Waals surface area contributed by atoms with Gasteiger partial charge in [-0.15, -0.1) is 0 Å². The van der Waals surface area contributed by atoms with Gasteiger partial charge in [-0.05, 0) is 36.7 Å². The third kappa shape index (κ3) is 2.56. The molecule has 0 aliphatic carbocycles. The molecule has 80 valence electrons. The number of alkyl halides is 2. The topological polar surface area (TPSA) is 3.24 Å². The van der Waals surface area contributed by atoms with Crippen molar-refractivity contribution in [2.45, 2.75) is 32.7 Å². The fraction of sp³-hybridized carbons (Fsp3) is 0.600. The molecule has 0 atom stereocenters. The Hall–Kier alpha value is -0.380. The van der Waals surface area contributed by atoms with E-state index in [1.165, 1.54) is 0 Å². The van der Waals surface area contributed by atoms with Gasteiger partial charge >= 0.3 is 0 Å². The number of rotatable bonds is 1. The van der Waals surface area contributed by atoms with Crippen molar-refractivity contribution in [3.63, 3.8) is 0 Å². The Kier molecular flexibility index (Phi) is 3.35. The molecule has 1 nitrogen and oxygen atoms in total. The average Bonchev–Trinajstić information content (AvgIpc) is 2.01. The van der Waals surface area contributed by atoms with Gasteiger partial charge in [-0.25, -0.2) is 8.78 Å². The highest BCUT2D eigenvalue weighted by Gasteiger charge is 2.24. The van der Waals surface area contributed by atoms with Crippen LogP contribution in [0.25, 0.3) is 0 Å². The first-order valence-corrected chi connectivity index (χ1v) is 5.24. The second kappa shape index (κ2) is 4.01. The molecule has 0 amide bonds. The SMILES string of the molecule is CC(C)(C)N1C=C(Br)C(C(F)F)=CC1. The molecule has 0 radical (unpaired) electrons. The van der Waals surface area contributed by atoms with Crippen molar-refractivity contribution < 1.29 is 8.78 Å². The summed E-state index contributed by atoms with van der Waals surface area (Å²) in [6, 6.07) is 0. The van der Waals surface area contributed by atoms with E-state index in [1.807, 2.05) is 25.7 Å². The van der Waals surface area contributed by atoms with Crippen molar-refractivity contribution in [2.75, 3.05) is 6.54 Å². The van der Waals surface area contributed by atoms with E-state index in [-0.39, 0.29) is 11.1 Å². The van der Waals surface area contributed by atoms with E-state index in [4.69, 9.17) is 0 Å². The van der Waals surface area contributed by atoms with Crippen molar-refractivity contribution in [1.82, 2.24) is 4.90 Å². The van der Waals surface area contributed by atoms with Gasteiger partial charge in [-0.3, -0.25) is 0 Å². The fourth-order valence-corrected chi connectivity index (χ4v) is 1.80. The van der Waals surface area contributed by atoms with Crippen LogP contribution in [0, 0.1) is 0 Å². The molecule has 1 aliphatic heterocycles. The van der Waals surface area contributed by atoms with E-state index >= 15 is 0 Å². The normalized spacial score (nSPS) is 18.4. The minimum atomic E-state index is -2.40. The smallest absolute Gasteiger partial charge is 0.264 e. The summed E-state index contributed by atoms with van der Waals surface area (Å²) in [5.74, 6) is 0. The van der Waals surface area contributed by atoms with E-state index in [2.05, 4.69) is 15.9 Å². The summed E-state index contributed by atoms with van der Waals surface area (Å²) >= 11 is 3.16.